The van der Waals surface area contributed by atoms with Crippen LogP contribution in [0, 0.1) is 0 Å². The first-order chi connectivity index (χ1) is 12.0. The number of thiazole rings is 1. The molecule has 0 aromatic carbocycles. The van der Waals surface area contributed by atoms with Crippen LogP contribution in [-0.4, -0.2) is 39.6 Å². The minimum absolute atomic E-state index is 0.238. The summed E-state index contributed by atoms with van der Waals surface area (Å²) in [6, 6.07) is 0.304. The van der Waals surface area contributed by atoms with Gasteiger partial charge in [-0.1, -0.05) is 6.08 Å². The minimum Gasteiger partial charge on any atom is -0.312 e. The molecule has 0 radical (unpaired) electrons. The van der Waals surface area contributed by atoms with Crippen molar-refractivity contribution in [3.05, 3.63) is 38.8 Å². The molecular formula is C19H25ClN4S. The number of hydrogen-bond donors (Lipinski definition) is 0. The zero-order chi connectivity index (χ0) is 17.6. The maximum atomic E-state index is 6.42. The summed E-state index contributed by atoms with van der Waals surface area (Å²) in [6.07, 6.45) is 7.78. The van der Waals surface area contributed by atoms with Crippen molar-refractivity contribution < 1.29 is 0 Å². The van der Waals surface area contributed by atoms with Gasteiger partial charge in [0.1, 0.15) is 5.01 Å². The van der Waals surface area contributed by atoms with Crippen LogP contribution in [0.15, 0.2) is 11.5 Å². The monoisotopic (exact) mass is 376 g/mol. The molecule has 0 amide bonds. The van der Waals surface area contributed by atoms with Gasteiger partial charge in [0.2, 0.25) is 5.28 Å². The Morgan fingerprint density at radius 1 is 1.24 bits per heavy atom. The third kappa shape index (κ3) is 3.18. The number of halogens is 1. The number of piperidine rings is 1. The van der Waals surface area contributed by atoms with Gasteiger partial charge in [-0.3, -0.25) is 0 Å². The second-order valence-corrected chi connectivity index (χ2v) is 8.72. The van der Waals surface area contributed by atoms with E-state index in [0.29, 0.717) is 17.2 Å². The topological polar surface area (TPSA) is 34.0 Å². The average molecular weight is 377 g/mol. The van der Waals surface area contributed by atoms with Crippen molar-refractivity contribution in [3.63, 3.8) is 0 Å². The molecule has 2 aromatic rings. The lowest BCUT2D eigenvalue weighted by molar-refractivity contribution is 0.253. The van der Waals surface area contributed by atoms with E-state index in [-0.39, 0.29) is 5.92 Å². The van der Waals surface area contributed by atoms with Crippen LogP contribution in [0.3, 0.4) is 0 Å². The number of rotatable bonds is 3. The molecule has 25 heavy (non-hydrogen) atoms. The summed E-state index contributed by atoms with van der Waals surface area (Å²) < 4.78 is 2.12. The number of nitrogens with zero attached hydrogens (tertiary/aromatic N) is 4. The molecule has 1 fully saturated rings. The summed E-state index contributed by atoms with van der Waals surface area (Å²) in [5.74, 6) is 0.846. The summed E-state index contributed by atoms with van der Waals surface area (Å²) in [5, 5.41) is 4.04. The van der Waals surface area contributed by atoms with E-state index in [1.807, 2.05) is 0 Å². The summed E-state index contributed by atoms with van der Waals surface area (Å²) in [6.45, 7) is 6.63. The fourth-order valence-electron chi connectivity index (χ4n) is 3.94. The Balaban J connectivity index is 1.62. The van der Waals surface area contributed by atoms with Crippen molar-refractivity contribution >= 4 is 29.0 Å². The third-order valence-electron chi connectivity index (χ3n) is 5.40. The first kappa shape index (κ1) is 17.3. The van der Waals surface area contributed by atoms with Crippen molar-refractivity contribution in [1.82, 2.24) is 19.4 Å². The molecule has 2 aliphatic rings. The molecule has 0 spiro atoms. The molecule has 0 saturated carbocycles. The Labute approximate surface area is 158 Å². The van der Waals surface area contributed by atoms with Crippen LogP contribution in [-0.2, 0) is 0 Å². The molecule has 1 unspecified atom stereocenters. The fraction of sp³-hybridized carbons (Fsp3) is 0.579. The highest BCUT2D eigenvalue weighted by Crippen LogP contribution is 2.40. The second kappa shape index (κ2) is 6.86. The van der Waals surface area contributed by atoms with E-state index in [9.17, 15) is 0 Å². The smallest absolute Gasteiger partial charge is 0.203 e. The van der Waals surface area contributed by atoms with E-state index in [0.717, 1.165) is 17.8 Å². The summed E-state index contributed by atoms with van der Waals surface area (Å²) in [7, 11) is 2.20. The van der Waals surface area contributed by atoms with Crippen molar-refractivity contribution in [2.45, 2.75) is 51.0 Å². The standard InChI is InChI=1S/C19H25ClN4S/c1-12(2)24-16-6-4-5-14(17(16)22-19(24)20)18-21-15(11-25-18)13-7-9-23(3)10-8-13/h4,6,11-14H,5,7-10H2,1-3H3. The molecule has 1 saturated heterocycles. The molecule has 6 heteroatoms. The molecule has 4 nitrogen and oxygen atoms in total. The lowest BCUT2D eigenvalue weighted by atomic mass is 9.93. The van der Waals surface area contributed by atoms with Gasteiger partial charge < -0.3 is 9.47 Å². The van der Waals surface area contributed by atoms with Crippen molar-refractivity contribution in [2.75, 3.05) is 20.1 Å². The van der Waals surface area contributed by atoms with Gasteiger partial charge in [-0.2, -0.15) is 0 Å². The normalized spacial score (nSPS) is 21.9. The summed E-state index contributed by atoms with van der Waals surface area (Å²) >= 11 is 8.21. The van der Waals surface area contributed by atoms with E-state index >= 15 is 0 Å². The highest BCUT2D eigenvalue weighted by molar-refractivity contribution is 7.09. The highest BCUT2D eigenvalue weighted by Gasteiger charge is 2.29. The summed E-state index contributed by atoms with van der Waals surface area (Å²) in [5.41, 5.74) is 3.51. The van der Waals surface area contributed by atoms with Gasteiger partial charge in [0.25, 0.3) is 0 Å². The van der Waals surface area contributed by atoms with Crippen LogP contribution >= 0.6 is 22.9 Å². The Morgan fingerprint density at radius 2 is 2.00 bits per heavy atom. The SMILES string of the molecule is CC(C)n1c(Cl)nc2c1C=CCC2c1nc(C2CCN(C)CC2)cs1. The van der Waals surface area contributed by atoms with Crippen LogP contribution in [0.1, 0.15) is 73.1 Å². The Kier molecular flexibility index (Phi) is 4.73. The van der Waals surface area contributed by atoms with E-state index in [2.05, 4.69) is 47.9 Å². The molecular weight excluding hydrogens is 352 g/mol. The van der Waals surface area contributed by atoms with Gasteiger partial charge >= 0.3 is 0 Å². The van der Waals surface area contributed by atoms with Gasteiger partial charge in [-0.25, -0.2) is 9.97 Å². The second-order valence-electron chi connectivity index (χ2n) is 7.49. The Hall–Kier alpha value is -1.17. The maximum absolute atomic E-state index is 6.42. The van der Waals surface area contributed by atoms with Gasteiger partial charge in [-0.05, 0) is 70.9 Å². The molecule has 0 bridgehead atoms. The number of fused-ring (bicyclic) bond motifs is 1. The van der Waals surface area contributed by atoms with Crippen LogP contribution < -0.4 is 0 Å². The van der Waals surface area contributed by atoms with Crippen LogP contribution in [0.5, 0.6) is 0 Å². The molecule has 1 aliphatic carbocycles. The third-order valence-corrected chi connectivity index (χ3v) is 6.65. The van der Waals surface area contributed by atoms with E-state index in [1.165, 1.54) is 36.6 Å². The number of likely N-dealkylation sites (tertiary alicyclic amines) is 1. The minimum atomic E-state index is 0.238. The van der Waals surface area contributed by atoms with Crippen molar-refractivity contribution in [1.29, 1.82) is 0 Å². The molecule has 134 valence electrons. The predicted octanol–water partition coefficient (Wildman–Crippen LogP) is 4.93. The fourth-order valence-corrected chi connectivity index (χ4v) is 5.34. The van der Waals surface area contributed by atoms with E-state index in [1.54, 1.807) is 11.3 Å². The van der Waals surface area contributed by atoms with E-state index < -0.39 is 0 Å². The molecule has 1 atom stereocenters. The van der Waals surface area contributed by atoms with Crippen molar-refractivity contribution in [2.24, 2.45) is 0 Å². The summed E-state index contributed by atoms with van der Waals surface area (Å²) in [4.78, 5) is 12.1. The first-order valence-electron chi connectivity index (χ1n) is 9.12. The quantitative estimate of drug-likeness (QED) is 0.761. The lowest BCUT2D eigenvalue weighted by Crippen LogP contribution is -2.29. The highest BCUT2D eigenvalue weighted by atomic mass is 35.5. The van der Waals surface area contributed by atoms with Crippen LogP contribution in [0.4, 0.5) is 0 Å². The molecule has 0 N–H and O–H groups in total. The largest absolute Gasteiger partial charge is 0.312 e. The van der Waals surface area contributed by atoms with Crippen LogP contribution in [0.25, 0.3) is 6.08 Å². The molecule has 4 rings (SSSR count). The van der Waals surface area contributed by atoms with Gasteiger partial charge in [0.05, 0.1) is 23.0 Å². The number of imidazole rings is 1. The average Bonchev–Trinajstić information content (AvgIpc) is 3.18. The zero-order valence-corrected chi connectivity index (χ0v) is 16.6. The van der Waals surface area contributed by atoms with Crippen molar-refractivity contribution in [3.8, 4) is 0 Å². The molecule has 1 aliphatic heterocycles. The van der Waals surface area contributed by atoms with Gasteiger partial charge in [-0.15, -0.1) is 11.3 Å². The zero-order valence-electron chi connectivity index (χ0n) is 15.1. The predicted molar refractivity (Wildman–Crippen MR) is 105 cm³/mol. The first-order valence-corrected chi connectivity index (χ1v) is 10.4. The van der Waals surface area contributed by atoms with Gasteiger partial charge in [0, 0.05) is 17.3 Å². The Bertz CT molecular complexity index is 783. The van der Waals surface area contributed by atoms with Gasteiger partial charge in [0.15, 0.2) is 0 Å². The van der Waals surface area contributed by atoms with E-state index in [4.69, 9.17) is 21.6 Å². The number of aromatic nitrogens is 3. The maximum Gasteiger partial charge on any atom is 0.203 e. The van der Waals surface area contributed by atoms with Crippen LogP contribution in [0.2, 0.25) is 5.28 Å². The lowest BCUT2D eigenvalue weighted by Gasteiger charge is -2.27. The number of allylic oxidation sites excluding steroid dienone is 1. The number of hydrogen-bond acceptors (Lipinski definition) is 4. The molecule has 3 heterocycles. The molecule has 2 aromatic heterocycles. The Morgan fingerprint density at radius 3 is 2.72 bits per heavy atom.